The van der Waals surface area contributed by atoms with E-state index >= 15 is 0 Å². The Morgan fingerprint density at radius 1 is 1.05 bits per heavy atom. The summed E-state index contributed by atoms with van der Waals surface area (Å²) < 4.78 is 39.0. The van der Waals surface area contributed by atoms with Crippen molar-refractivity contribution in [3.8, 4) is 5.75 Å². The summed E-state index contributed by atoms with van der Waals surface area (Å²) in [5, 5.41) is 9.61. The van der Waals surface area contributed by atoms with Crippen molar-refractivity contribution < 1.29 is 17.9 Å². The molecule has 0 saturated heterocycles. The lowest BCUT2D eigenvalue weighted by Crippen LogP contribution is -2.27. The van der Waals surface area contributed by atoms with Crippen LogP contribution in [0.2, 0.25) is 0 Å². The molecule has 0 aliphatic rings. The topological polar surface area (TPSA) is 57.6 Å². The zero-order chi connectivity index (χ0) is 14.0. The Kier molecular flexibility index (Phi) is 3.44. The predicted octanol–water partition coefficient (Wildman–Crippen LogP) is 2.36. The van der Waals surface area contributed by atoms with Gasteiger partial charge in [0.1, 0.15) is 16.5 Å². The van der Waals surface area contributed by atoms with Gasteiger partial charge in [0.25, 0.3) is 10.0 Å². The van der Waals surface area contributed by atoms with Crippen molar-refractivity contribution in [3.05, 3.63) is 54.3 Å². The van der Waals surface area contributed by atoms with Gasteiger partial charge >= 0.3 is 0 Å². The van der Waals surface area contributed by atoms with E-state index in [0.717, 1.165) is 4.31 Å². The van der Waals surface area contributed by atoms with Gasteiger partial charge < -0.3 is 5.11 Å². The van der Waals surface area contributed by atoms with Gasteiger partial charge in [-0.05, 0) is 24.3 Å². The average molecular weight is 281 g/mol. The van der Waals surface area contributed by atoms with Crippen LogP contribution in [0.25, 0.3) is 0 Å². The van der Waals surface area contributed by atoms with E-state index in [0.29, 0.717) is 0 Å². The number of hydrogen-bond acceptors (Lipinski definition) is 3. The maximum Gasteiger partial charge on any atom is 0.267 e. The molecule has 2 rings (SSSR count). The van der Waals surface area contributed by atoms with Crippen LogP contribution in [-0.4, -0.2) is 20.6 Å². The maximum absolute atomic E-state index is 13.6. The molecule has 0 fully saturated rings. The molecule has 0 amide bonds. The summed E-state index contributed by atoms with van der Waals surface area (Å²) in [4.78, 5) is -0.263. The number of anilines is 1. The van der Waals surface area contributed by atoms with E-state index in [1.54, 1.807) is 0 Å². The number of benzene rings is 2. The monoisotopic (exact) mass is 281 g/mol. The molecule has 19 heavy (non-hydrogen) atoms. The van der Waals surface area contributed by atoms with Gasteiger partial charge in [0, 0.05) is 7.05 Å². The van der Waals surface area contributed by atoms with E-state index in [4.69, 9.17) is 0 Å². The first-order chi connectivity index (χ1) is 8.94. The second-order valence-corrected chi connectivity index (χ2v) is 5.83. The van der Waals surface area contributed by atoms with Gasteiger partial charge in [0.2, 0.25) is 0 Å². The molecule has 2 aromatic carbocycles. The van der Waals surface area contributed by atoms with Crippen LogP contribution in [-0.2, 0) is 10.0 Å². The quantitative estimate of drug-likeness (QED) is 0.939. The highest BCUT2D eigenvalue weighted by molar-refractivity contribution is 7.92. The number of hydrogen-bond donors (Lipinski definition) is 1. The number of aromatic hydroxyl groups is 1. The summed E-state index contributed by atoms with van der Waals surface area (Å²) >= 11 is 0. The van der Waals surface area contributed by atoms with Gasteiger partial charge in [-0.2, -0.15) is 0 Å². The lowest BCUT2D eigenvalue weighted by atomic mass is 10.3. The Morgan fingerprint density at radius 2 is 1.63 bits per heavy atom. The molecule has 1 N–H and O–H groups in total. The van der Waals surface area contributed by atoms with E-state index in [9.17, 15) is 17.9 Å². The normalized spacial score (nSPS) is 11.3. The molecule has 0 spiro atoms. The van der Waals surface area contributed by atoms with E-state index < -0.39 is 15.8 Å². The van der Waals surface area contributed by atoms with Gasteiger partial charge in [-0.25, -0.2) is 12.8 Å². The third kappa shape index (κ3) is 2.39. The van der Waals surface area contributed by atoms with Crippen molar-refractivity contribution in [2.24, 2.45) is 0 Å². The van der Waals surface area contributed by atoms with Crippen molar-refractivity contribution >= 4 is 15.7 Å². The molecule has 4 nitrogen and oxygen atoms in total. The molecule has 0 aromatic heterocycles. The first-order valence-electron chi connectivity index (χ1n) is 5.46. The maximum atomic E-state index is 13.6. The van der Waals surface area contributed by atoms with E-state index in [2.05, 4.69) is 0 Å². The largest absolute Gasteiger partial charge is 0.507 e. The van der Waals surface area contributed by atoms with Gasteiger partial charge in [-0.1, -0.05) is 24.3 Å². The van der Waals surface area contributed by atoms with E-state index in [1.165, 1.54) is 55.6 Å². The Hall–Kier alpha value is -2.08. The third-order valence-corrected chi connectivity index (χ3v) is 4.51. The molecule has 0 atom stereocenters. The molecule has 0 aliphatic carbocycles. The minimum absolute atomic E-state index is 0.0780. The lowest BCUT2D eigenvalue weighted by Gasteiger charge is -2.20. The SMILES string of the molecule is CN(c1ccccc1F)S(=O)(=O)c1ccccc1O. The Labute approximate surface area is 110 Å². The third-order valence-electron chi connectivity index (χ3n) is 2.70. The van der Waals surface area contributed by atoms with Crippen LogP contribution in [0.3, 0.4) is 0 Å². The molecular formula is C13H12FNO3S. The smallest absolute Gasteiger partial charge is 0.267 e. The standard InChI is InChI=1S/C13H12FNO3S/c1-15(11-7-3-2-6-10(11)14)19(17,18)13-9-5-4-8-12(13)16/h2-9,16H,1H3. The summed E-state index contributed by atoms with van der Waals surface area (Å²) in [6, 6.07) is 11.1. The fourth-order valence-electron chi connectivity index (χ4n) is 1.66. The summed E-state index contributed by atoms with van der Waals surface area (Å²) in [6.45, 7) is 0. The highest BCUT2D eigenvalue weighted by Crippen LogP contribution is 2.28. The number of para-hydroxylation sites is 2. The fourth-order valence-corrected chi connectivity index (χ4v) is 2.94. The number of halogens is 1. The molecule has 6 heteroatoms. The zero-order valence-corrected chi connectivity index (χ0v) is 10.9. The van der Waals surface area contributed by atoms with Crippen LogP contribution < -0.4 is 4.31 Å². The number of phenolic OH excluding ortho intramolecular Hbond substituents is 1. The van der Waals surface area contributed by atoms with E-state index in [-0.39, 0.29) is 16.3 Å². The highest BCUT2D eigenvalue weighted by Gasteiger charge is 2.25. The Bertz CT molecular complexity index is 701. The lowest BCUT2D eigenvalue weighted by molar-refractivity contribution is 0.458. The van der Waals surface area contributed by atoms with Gasteiger partial charge in [-0.3, -0.25) is 4.31 Å². The van der Waals surface area contributed by atoms with Crippen molar-refractivity contribution in [1.82, 2.24) is 0 Å². The number of phenols is 1. The molecule has 0 unspecified atom stereocenters. The minimum atomic E-state index is -4.00. The molecule has 0 bridgehead atoms. The predicted molar refractivity (Wildman–Crippen MR) is 70.1 cm³/mol. The summed E-state index contributed by atoms with van der Waals surface area (Å²) in [6.07, 6.45) is 0. The van der Waals surface area contributed by atoms with Crippen molar-refractivity contribution in [2.45, 2.75) is 4.90 Å². The highest BCUT2D eigenvalue weighted by atomic mass is 32.2. The van der Waals surface area contributed by atoms with E-state index in [1.807, 2.05) is 0 Å². The summed E-state index contributed by atoms with van der Waals surface area (Å²) in [7, 11) is -2.77. The van der Waals surface area contributed by atoms with Crippen molar-refractivity contribution in [2.75, 3.05) is 11.4 Å². The number of nitrogens with zero attached hydrogens (tertiary/aromatic N) is 1. The molecular weight excluding hydrogens is 269 g/mol. The van der Waals surface area contributed by atoms with Crippen LogP contribution in [0.4, 0.5) is 10.1 Å². The van der Waals surface area contributed by atoms with Crippen LogP contribution >= 0.6 is 0 Å². The van der Waals surface area contributed by atoms with Gasteiger partial charge in [0.15, 0.2) is 0 Å². The van der Waals surface area contributed by atoms with Crippen LogP contribution in [0.1, 0.15) is 0 Å². The van der Waals surface area contributed by atoms with Crippen molar-refractivity contribution in [1.29, 1.82) is 0 Å². The molecule has 0 radical (unpaired) electrons. The molecule has 100 valence electrons. The second kappa shape index (κ2) is 4.89. The van der Waals surface area contributed by atoms with Crippen LogP contribution in [0.5, 0.6) is 5.75 Å². The second-order valence-electron chi connectivity index (χ2n) is 3.89. The fraction of sp³-hybridized carbons (Fsp3) is 0.0769. The molecule has 2 aromatic rings. The van der Waals surface area contributed by atoms with Gasteiger partial charge in [-0.15, -0.1) is 0 Å². The first kappa shape index (κ1) is 13.4. The molecule has 0 saturated carbocycles. The molecule has 0 aliphatic heterocycles. The van der Waals surface area contributed by atoms with Crippen LogP contribution in [0, 0.1) is 5.82 Å². The summed E-state index contributed by atoms with van der Waals surface area (Å²) in [5.74, 6) is -1.02. The molecule has 0 heterocycles. The zero-order valence-electron chi connectivity index (χ0n) is 10.1. The summed E-state index contributed by atoms with van der Waals surface area (Å²) in [5.41, 5.74) is -0.0780. The van der Waals surface area contributed by atoms with Crippen LogP contribution in [0.15, 0.2) is 53.4 Å². The number of rotatable bonds is 3. The Morgan fingerprint density at radius 3 is 2.26 bits per heavy atom. The number of sulfonamides is 1. The van der Waals surface area contributed by atoms with Crippen molar-refractivity contribution in [3.63, 3.8) is 0 Å². The minimum Gasteiger partial charge on any atom is -0.507 e. The Balaban J connectivity index is 2.52. The first-order valence-corrected chi connectivity index (χ1v) is 6.90. The van der Waals surface area contributed by atoms with Gasteiger partial charge in [0.05, 0.1) is 5.69 Å². The average Bonchev–Trinajstić information content (AvgIpc) is 2.39.